The molecule has 0 aromatic carbocycles. The lowest BCUT2D eigenvalue weighted by Crippen LogP contribution is -2.61. The van der Waals surface area contributed by atoms with Crippen LogP contribution >= 0.6 is 0 Å². The third-order valence-electron chi connectivity index (χ3n) is 12.5. The zero-order valence-corrected chi connectivity index (χ0v) is 35.1. The number of carbonyl (C=O) groups excluding carboxylic acids is 2. The molecule has 3 aliphatic heterocycles. The number of cyclic esters (lactones) is 1. The number of likely N-dealkylation sites (N-methyl/N-ethyl adjacent to an activating group) is 2. The van der Waals surface area contributed by atoms with Crippen molar-refractivity contribution in [3.8, 4) is 0 Å². The van der Waals surface area contributed by atoms with E-state index in [0.29, 0.717) is 13.0 Å². The predicted molar refractivity (Wildman–Crippen MR) is 199 cm³/mol. The summed E-state index contributed by atoms with van der Waals surface area (Å²) in [6.07, 6.45) is -9.39. The second kappa shape index (κ2) is 18.4. The van der Waals surface area contributed by atoms with Crippen molar-refractivity contribution in [3.63, 3.8) is 0 Å². The lowest BCUT2D eigenvalue weighted by Gasteiger charge is -2.49. The van der Waals surface area contributed by atoms with Crippen LogP contribution in [0.2, 0.25) is 0 Å². The summed E-state index contributed by atoms with van der Waals surface area (Å²) in [5.41, 5.74) is -4.51. The monoisotopic (exact) mass is 777 g/mol. The molecule has 54 heavy (non-hydrogen) atoms. The highest BCUT2D eigenvalue weighted by Crippen LogP contribution is 2.40. The number of amides is 1. The summed E-state index contributed by atoms with van der Waals surface area (Å²) in [7, 11) is 4.92. The first-order valence-corrected chi connectivity index (χ1v) is 19.6. The fraction of sp³-hybridized carbons (Fsp3) is 0.949. The average molecular weight is 777 g/mol. The van der Waals surface area contributed by atoms with Crippen molar-refractivity contribution < 1.29 is 63.5 Å². The van der Waals surface area contributed by atoms with Crippen molar-refractivity contribution in [1.82, 2.24) is 9.80 Å². The first-order chi connectivity index (χ1) is 24.8. The van der Waals surface area contributed by atoms with Gasteiger partial charge in [-0.05, 0) is 80.7 Å². The molecule has 1 unspecified atom stereocenters. The molecule has 0 aromatic heterocycles. The molecule has 3 aliphatic rings. The van der Waals surface area contributed by atoms with Crippen molar-refractivity contribution in [3.05, 3.63) is 0 Å². The van der Waals surface area contributed by atoms with E-state index in [2.05, 4.69) is 0 Å². The Balaban J connectivity index is 2.19. The second-order valence-electron chi connectivity index (χ2n) is 17.3. The Morgan fingerprint density at radius 2 is 1.59 bits per heavy atom. The van der Waals surface area contributed by atoms with Gasteiger partial charge in [-0.1, -0.05) is 20.8 Å². The number of aliphatic hydroxyl groups is 5. The zero-order valence-electron chi connectivity index (χ0n) is 35.1. The lowest BCUT2D eigenvalue weighted by molar-refractivity contribution is -0.317. The molecule has 0 radical (unpaired) electrons. The molecule has 15 nitrogen and oxygen atoms in total. The number of hydrogen-bond donors (Lipinski definition) is 5. The van der Waals surface area contributed by atoms with E-state index < -0.39 is 108 Å². The van der Waals surface area contributed by atoms with Crippen LogP contribution in [-0.4, -0.2) is 165 Å². The standard InChI is InChI=1S/C39H72N2O13/c1-15-28-39(11,48)32(44)24(6)40(12)19-20(2)17-37(9,47)34(54-36-30(43)27(16-21(3)50-36)41(13)26(8)42)22(4)31(23(5)35(46)52-28)53-29-18-38(10,49-14)33(45)25(7)51-29/h20-25,27-34,36,43-45,47-48H,15-19H2,1-14H3/t20-,21-,22+,23-,24+,25+,27+,28-,29+,30-,31+,32-,33+,34-,36+,37?,38-,39-/m1/s1. The quantitative estimate of drug-likeness (QED) is 0.235. The van der Waals surface area contributed by atoms with E-state index in [1.807, 2.05) is 25.8 Å². The minimum absolute atomic E-state index is 0.0999. The summed E-state index contributed by atoms with van der Waals surface area (Å²) in [6.45, 7) is 19.1. The fourth-order valence-electron chi connectivity index (χ4n) is 8.84. The molecule has 3 saturated heterocycles. The number of nitrogens with zero attached hydrogens (tertiary/aromatic N) is 2. The van der Waals surface area contributed by atoms with Gasteiger partial charge >= 0.3 is 5.97 Å². The number of ether oxygens (including phenoxy) is 6. The maximum atomic E-state index is 14.2. The van der Waals surface area contributed by atoms with E-state index in [1.54, 1.807) is 55.5 Å². The van der Waals surface area contributed by atoms with Gasteiger partial charge in [0, 0.05) is 46.0 Å². The molecule has 3 heterocycles. The van der Waals surface area contributed by atoms with Crippen molar-refractivity contribution >= 4 is 11.9 Å². The van der Waals surface area contributed by atoms with Crippen LogP contribution in [0.5, 0.6) is 0 Å². The highest BCUT2D eigenvalue weighted by molar-refractivity contribution is 5.73. The van der Waals surface area contributed by atoms with Crippen LogP contribution in [0.15, 0.2) is 0 Å². The molecule has 0 bridgehead atoms. The molecule has 316 valence electrons. The van der Waals surface area contributed by atoms with Gasteiger partial charge < -0.3 is 63.8 Å². The van der Waals surface area contributed by atoms with E-state index in [1.165, 1.54) is 25.9 Å². The van der Waals surface area contributed by atoms with E-state index in [-0.39, 0.29) is 31.1 Å². The molecular formula is C39H72N2O13. The van der Waals surface area contributed by atoms with Gasteiger partial charge in [-0.15, -0.1) is 0 Å². The smallest absolute Gasteiger partial charge is 0.311 e. The summed E-state index contributed by atoms with van der Waals surface area (Å²) in [5.74, 6) is -3.03. The molecule has 1 amide bonds. The van der Waals surface area contributed by atoms with Gasteiger partial charge in [0.1, 0.15) is 30.0 Å². The van der Waals surface area contributed by atoms with E-state index in [9.17, 15) is 35.1 Å². The van der Waals surface area contributed by atoms with Crippen LogP contribution in [0, 0.1) is 17.8 Å². The number of aliphatic hydroxyl groups excluding tert-OH is 3. The summed E-state index contributed by atoms with van der Waals surface area (Å²) >= 11 is 0. The number of hydrogen-bond acceptors (Lipinski definition) is 14. The van der Waals surface area contributed by atoms with Crippen LogP contribution in [0.3, 0.4) is 0 Å². The molecule has 0 saturated carbocycles. The Hall–Kier alpha value is -1.50. The topological polar surface area (TPSA) is 197 Å². The maximum absolute atomic E-state index is 14.2. The highest BCUT2D eigenvalue weighted by atomic mass is 16.7. The fourth-order valence-corrected chi connectivity index (χ4v) is 8.84. The Morgan fingerprint density at radius 3 is 2.15 bits per heavy atom. The molecular weight excluding hydrogens is 704 g/mol. The first-order valence-electron chi connectivity index (χ1n) is 19.6. The lowest BCUT2D eigenvalue weighted by atomic mass is 9.77. The van der Waals surface area contributed by atoms with E-state index in [0.717, 1.165) is 0 Å². The maximum Gasteiger partial charge on any atom is 0.311 e. The Kier molecular flexibility index (Phi) is 16.0. The largest absolute Gasteiger partial charge is 0.459 e. The van der Waals surface area contributed by atoms with Gasteiger partial charge in [0.05, 0.1) is 47.6 Å². The molecule has 0 spiro atoms. The van der Waals surface area contributed by atoms with Crippen molar-refractivity contribution in [1.29, 1.82) is 0 Å². The van der Waals surface area contributed by atoms with E-state index in [4.69, 9.17) is 28.4 Å². The summed E-state index contributed by atoms with van der Waals surface area (Å²) in [6, 6.07) is -1.20. The van der Waals surface area contributed by atoms with Crippen LogP contribution in [-0.2, 0) is 38.0 Å². The molecule has 3 fully saturated rings. The summed E-state index contributed by atoms with van der Waals surface area (Å²) in [5, 5.41) is 58.3. The van der Waals surface area contributed by atoms with E-state index >= 15 is 0 Å². The molecule has 5 N–H and O–H groups in total. The molecule has 0 aromatic rings. The Labute approximate surface area is 322 Å². The molecule has 0 aliphatic carbocycles. The number of rotatable bonds is 7. The van der Waals surface area contributed by atoms with Gasteiger partial charge in [-0.3, -0.25) is 9.59 Å². The van der Waals surface area contributed by atoms with Crippen LogP contribution in [0.1, 0.15) is 102 Å². The third-order valence-corrected chi connectivity index (χ3v) is 12.5. The summed E-state index contributed by atoms with van der Waals surface area (Å²) < 4.78 is 37.4. The zero-order chi connectivity index (χ0) is 41.2. The van der Waals surface area contributed by atoms with Crippen LogP contribution in [0.25, 0.3) is 0 Å². The predicted octanol–water partition coefficient (Wildman–Crippen LogP) is 1.82. The highest BCUT2D eigenvalue weighted by Gasteiger charge is 2.53. The third kappa shape index (κ3) is 10.3. The minimum atomic E-state index is -1.83. The Morgan fingerprint density at radius 1 is 0.981 bits per heavy atom. The number of esters is 1. The van der Waals surface area contributed by atoms with Crippen LogP contribution in [0.4, 0.5) is 0 Å². The minimum Gasteiger partial charge on any atom is -0.459 e. The summed E-state index contributed by atoms with van der Waals surface area (Å²) in [4.78, 5) is 30.0. The number of methoxy groups -OCH3 is 1. The van der Waals surface area contributed by atoms with Gasteiger partial charge in [-0.2, -0.15) is 0 Å². The van der Waals surface area contributed by atoms with Crippen molar-refractivity contribution in [2.24, 2.45) is 17.8 Å². The molecule has 15 heteroatoms. The van der Waals surface area contributed by atoms with Gasteiger partial charge in [0.2, 0.25) is 5.91 Å². The number of carbonyl (C=O) groups is 2. The van der Waals surface area contributed by atoms with Gasteiger partial charge in [0.25, 0.3) is 0 Å². The van der Waals surface area contributed by atoms with Crippen molar-refractivity contribution in [2.45, 2.75) is 192 Å². The SMILES string of the molecule is CC[C@H]1OC(=O)[C@H](C)[C@@H](O[C@H]2C[C@@](C)(OC)[C@@H](O)[C@H](C)O2)[C@H](C)[C@@H](O[C@@H]2O[C@H](C)C[C@H](N(C)C(C)=O)[C@H]2O)C(C)(O)C[C@@H](C)CN(C)[C@@H](C)[C@@H](O)[C@]1(C)O. The second-order valence-corrected chi connectivity index (χ2v) is 17.3. The molecule has 3 rings (SSSR count). The Bertz CT molecular complexity index is 1240. The van der Waals surface area contributed by atoms with Crippen molar-refractivity contribution in [2.75, 3.05) is 27.7 Å². The van der Waals surface area contributed by atoms with Crippen LogP contribution < -0.4 is 0 Å². The molecule has 18 atom stereocenters. The average Bonchev–Trinajstić information content (AvgIpc) is 3.09. The normalized spacial score (nSPS) is 48.0. The van der Waals surface area contributed by atoms with Gasteiger partial charge in [0.15, 0.2) is 12.6 Å². The first kappa shape index (κ1) is 46.9. The van der Waals surface area contributed by atoms with Gasteiger partial charge in [-0.25, -0.2) is 0 Å².